The molecule has 0 radical (unpaired) electrons. The average molecular weight is 2120 g/mol. The lowest BCUT2D eigenvalue weighted by molar-refractivity contribution is -0.131. The number of fused-ring (bicyclic) bond motifs is 3. The third-order valence-electron chi connectivity index (χ3n) is 24.9. The van der Waals surface area contributed by atoms with Gasteiger partial charge in [-0.15, -0.1) is 0 Å². The van der Waals surface area contributed by atoms with Crippen LogP contribution in [0.1, 0.15) is 151 Å². The van der Waals surface area contributed by atoms with Gasteiger partial charge in [0.15, 0.2) is 29.1 Å². The topological polar surface area (TPSA) is 363 Å². The van der Waals surface area contributed by atoms with Gasteiger partial charge in [-0.2, -0.15) is 15.8 Å². The molecule has 3 aromatic carbocycles. The van der Waals surface area contributed by atoms with Gasteiger partial charge in [0, 0.05) is 127 Å². The zero-order chi connectivity index (χ0) is 104. The number of amides is 3. The van der Waals surface area contributed by atoms with Crippen LogP contribution in [-0.2, 0) is 14.4 Å². The summed E-state index contributed by atoms with van der Waals surface area (Å²) in [4.78, 5) is 120. The largest absolute Gasteiger partial charge is 0.395 e. The lowest BCUT2D eigenvalue weighted by Gasteiger charge is -2.45. The van der Waals surface area contributed by atoms with Gasteiger partial charge >= 0.3 is 0 Å². The van der Waals surface area contributed by atoms with Gasteiger partial charge in [0.1, 0.15) is 51.8 Å². The second-order valence-corrected chi connectivity index (χ2v) is 39.2. The minimum absolute atomic E-state index is 0.0117. The van der Waals surface area contributed by atoms with Crippen molar-refractivity contribution in [3.05, 3.63) is 254 Å². The molecule has 3 amide bonds. The van der Waals surface area contributed by atoms with Crippen molar-refractivity contribution in [2.24, 2.45) is 0 Å². The van der Waals surface area contributed by atoms with Crippen LogP contribution in [0.3, 0.4) is 0 Å². The van der Waals surface area contributed by atoms with E-state index in [9.17, 15) is 66.5 Å². The maximum Gasteiger partial charge on any atom is 0.276 e. The van der Waals surface area contributed by atoms with Crippen LogP contribution >= 0.6 is 116 Å². The van der Waals surface area contributed by atoms with Crippen LogP contribution in [0.2, 0.25) is 50.2 Å². The normalized spacial score (nSPS) is 16.6. The van der Waals surface area contributed by atoms with Crippen LogP contribution in [-0.4, -0.2) is 152 Å². The van der Waals surface area contributed by atoms with E-state index in [1.54, 1.807) is 71.4 Å². The van der Waals surface area contributed by atoms with Crippen molar-refractivity contribution in [1.29, 1.82) is 15.8 Å². The number of rotatable bonds is 15. The van der Waals surface area contributed by atoms with Gasteiger partial charge in [-0.1, -0.05) is 177 Å². The number of benzene rings is 3. The molecule has 6 N–H and O–H groups in total. The van der Waals surface area contributed by atoms with Crippen molar-refractivity contribution in [1.82, 2.24) is 58.3 Å². The summed E-state index contributed by atoms with van der Waals surface area (Å²) in [5, 5.41) is 29.1. The Morgan fingerprint density at radius 2 is 0.617 bits per heavy atom. The number of nitriles is 3. The highest BCUT2D eigenvalue weighted by Gasteiger charge is 2.42. The molecule has 0 bridgehead atoms. The van der Waals surface area contributed by atoms with E-state index in [-0.39, 0.29) is 202 Å². The lowest BCUT2D eigenvalue weighted by Crippen LogP contribution is -2.58. The first-order valence-electron chi connectivity index (χ1n) is 43.9. The minimum atomic E-state index is -1.44. The van der Waals surface area contributed by atoms with Gasteiger partial charge in [-0.25, -0.2) is 36.9 Å². The van der Waals surface area contributed by atoms with E-state index < -0.39 is 87.9 Å². The molecule has 3 aliphatic heterocycles. The van der Waals surface area contributed by atoms with Crippen molar-refractivity contribution in [2.75, 3.05) is 71.2 Å². The number of hydrogen-bond acceptors (Lipinski definition) is 21. The van der Waals surface area contributed by atoms with Gasteiger partial charge in [-0.05, 0) is 151 Å². The summed E-state index contributed by atoms with van der Waals surface area (Å²) in [5.41, 5.74) is 18.1. The smallest absolute Gasteiger partial charge is 0.276 e. The number of anilines is 6. The highest BCUT2D eigenvalue weighted by Crippen LogP contribution is 2.52. The fourth-order valence-corrected chi connectivity index (χ4v) is 21.5. The number of carbonyl (C=O) groups excluding carboxylic acids is 3. The molecule has 0 unspecified atom stereocenters. The van der Waals surface area contributed by atoms with Gasteiger partial charge in [0.25, 0.3) is 16.7 Å². The first kappa shape index (κ1) is 106. The van der Waals surface area contributed by atoms with Gasteiger partial charge in [-0.3, -0.25) is 57.4 Å². The van der Waals surface area contributed by atoms with Crippen LogP contribution in [0.25, 0.3) is 83.9 Å². The van der Waals surface area contributed by atoms with Crippen molar-refractivity contribution in [3.8, 4) is 69.0 Å². The Balaban J connectivity index is 0.000000178. The average Bonchev–Trinajstić information content (AvgIpc) is 0.725. The summed E-state index contributed by atoms with van der Waals surface area (Å²) in [7, 11) is 0. The van der Waals surface area contributed by atoms with Crippen LogP contribution < -0.4 is 48.6 Å². The van der Waals surface area contributed by atoms with E-state index in [0.29, 0.717) is 85.8 Å². The maximum absolute atomic E-state index is 14.9. The van der Waals surface area contributed by atoms with E-state index >= 15 is 0 Å². The van der Waals surface area contributed by atoms with Crippen molar-refractivity contribution in [3.63, 3.8) is 0 Å². The number of nitrogen functional groups attached to an aromatic ring is 3. The predicted molar refractivity (Wildman–Crippen MR) is 550 cm³/mol. The number of hydrogen-bond donors (Lipinski definition) is 3. The second-order valence-electron chi connectivity index (χ2n) is 35.3. The number of aryl methyl sites for hydroxylation is 3. The zero-order valence-electron chi connectivity index (χ0n) is 78.4. The second kappa shape index (κ2) is 41.7. The Morgan fingerprint density at radius 1 is 0.383 bits per heavy atom. The van der Waals surface area contributed by atoms with Crippen molar-refractivity contribution >= 4 is 201 Å². The molecule has 9 aromatic heterocycles. The standard InChI is InChI=1S/C33H30Cl4FN7O2.2C33H30Cl3F2N7O2/c3*1-7-21(46)44-16(5)12-43(13-17(44)6)31-18-10-20(34)29(22-23(35)25(37)26(38)27(40)24(22)36)42-32(18)45(33(47)19(31)11-39)30-15(4)8-9-41-28(30)14(2)3/h3*7-10,14,16-17H,1,12-13,40H2,2-6H3/t3*16-,17+. The van der Waals surface area contributed by atoms with Crippen LogP contribution in [0, 0.1) is 83.9 Å². The Kier molecular flexibility index (Phi) is 31.3. The Bertz CT molecular complexity index is 6860. The van der Waals surface area contributed by atoms with Gasteiger partial charge in [0.2, 0.25) is 17.7 Å². The molecule has 15 rings (SSSR count). The fourth-order valence-electron chi connectivity index (χ4n) is 18.8. The van der Waals surface area contributed by atoms with E-state index in [1.165, 1.54) is 44.1 Å². The molecule has 0 spiro atoms. The predicted octanol–water partition coefficient (Wildman–Crippen LogP) is 22.1. The molecular weight excluding hydrogens is 2030 g/mol. The van der Waals surface area contributed by atoms with Gasteiger partial charge < -0.3 is 46.6 Å². The van der Waals surface area contributed by atoms with Crippen LogP contribution in [0.15, 0.2) is 107 Å². The number of carbonyl (C=O) groups is 3. The van der Waals surface area contributed by atoms with Crippen LogP contribution in [0.5, 0.6) is 0 Å². The molecular formula is C99H90Cl10F5N21O6. The molecule has 3 aliphatic rings. The Hall–Kier alpha value is -12.4. The summed E-state index contributed by atoms with van der Waals surface area (Å²) >= 11 is 65.2. The molecule has 6 atom stereocenters. The first-order valence-corrected chi connectivity index (χ1v) is 47.6. The SMILES string of the molecule is C=CC(=O)N1[C@H](C)CN(c2c(C#N)c(=O)n(-c3c(C)ccnc3C(C)C)c3nc(-c4c(Cl)c(N)c(F)c(Cl)c4Cl)c(Cl)cc23)C[C@@H]1C.C=CC(=O)N1[C@H](C)CN(c2c(C#N)c(=O)n(-c3c(C)ccnc3C(C)C)c3nc(-c4c(Cl)c(N)c(F)c(F)c4Cl)c(Cl)cc23)C[C@@H]1C.C=CC(=O)N1[C@H](C)CN(c2c(C#N)c(=O)n(-c3c(C)ccnc3C(C)C)c3nc(-c4c(Cl)c(N)c(F)c(F)c4Cl)c(Cl)cc23)C[C@@H]1C. The number of piperazine rings is 3. The lowest BCUT2D eigenvalue weighted by atomic mass is 10.0. The molecule has 12 aromatic rings. The molecule has 0 aliphatic carbocycles. The summed E-state index contributed by atoms with van der Waals surface area (Å²) in [5.74, 6) is -7.89. The highest BCUT2D eigenvalue weighted by molar-refractivity contribution is 6.48. The number of nitrogens with two attached hydrogens (primary N) is 3. The zero-order valence-corrected chi connectivity index (χ0v) is 85.9. The molecule has 3 fully saturated rings. The third-order valence-corrected chi connectivity index (χ3v) is 28.5. The number of aromatic nitrogens is 9. The van der Waals surface area contributed by atoms with Gasteiger partial charge in [0.05, 0.1) is 136 Å². The summed E-state index contributed by atoms with van der Waals surface area (Å²) in [6, 6.07) is 14.1. The molecule has 0 saturated carbocycles. The minimum Gasteiger partial charge on any atom is -0.395 e. The Morgan fingerprint density at radius 3 is 0.844 bits per heavy atom. The van der Waals surface area contributed by atoms with Crippen LogP contribution in [0.4, 0.5) is 56.1 Å². The molecule has 732 valence electrons. The monoisotopic (exact) mass is 2110 g/mol. The van der Waals surface area contributed by atoms with Crippen molar-refractivity contribution < 1.29 is 36.3 Å². The first-order chi connectivity index (χ1) is 66.5. The molecule has 42 heteroatoms. The van der Waals surface area contributed by atoms with E-state index in [1.807, 2.05) is 105 Å². The summed E-state index contributed by atoms with van der Waals surface area (Å²) in [6.45, 7) is 40.5. The molecule has 3 saturated heterocycles. The summed E-state index contributed by atoms with van der Waals surface area (Å²) in [6.07, 6.45) is 8.63. The van der Waals surface area contributed by atoms with E-state index in [4.69, 9.17) is 148 Å². The Labute approximate surface area is 856 Å². The number of nitrogens with zero attached hydrogens (tertiary/aromatic N) is 18. The van der Waals surface area contributed by atoms with Crippen molar-refractivity contribution in [2.45, 2.75) is 158 Å². The van der Waals surface area contributed by atoms with E-state index in [2.05, 4.69) is 52.9 Å². The molecule has 141 heavy (non-hydrogen) atoms. The van der Waals surface area contributed by atoms with E-state index in [0.717, 1.165) is 0 Å². The highest BCUT2D eigenvalue weighted by atomic mass is 35.5. The number of halogens is 15. The molecule has 12 heterocycles. The quantitative estimate of drug-likeness (QED) is 0.0282. The molecule has 27 nitrogen and oxygen atoms in total. The number of pyridine rings is 9. The maximum atomic E-state index is 14.9. The third kappa shape index (κ3) is 18.5. The fraction of sp³-hybridized carbons (Fsp3) is 0.303. The summed E-state index contributed by atoms with van der Waals surface area (Å²) < 4.78 is 77.4.